The molecular weight excluding hydrogens is 288 g/mol. The van der Waals surface area contributed by atoms with Gasteiger partial charge in [0.05, 0.1) is 6.33 Å². The minimum atomic E-state index is 0.562. The highest BCUT2D eigenvalue weighted by molar-refractivity contribution is 5.79. The minimum absolute atomic E-state index is 0.562. The lowest BCUT2D eigenvalue weighted by atomic mass is 10.2. The predicted molar refractivity (Wildman–Crippen MR) is 97.8 cm³/mol. The molecule has 0 aliphatic carbocycles. The third-order valence-corrected chi connectivity index (χ3v) is 3.74. The molecule has 0 aliphatic rings. The van der Waals surface area contributed by atoms with Crippen LogP contribution in [0.25, 0.3) is 0 Å². The Kier molecular flexibility index (Phi) is 9.36. The van der Waals surface area contributed by atoms with Crippen LogP contribution in [0.4, 0.5) is 0 Å². The van der Waals surface area contributed by atoms with Crippen LogP contribution < -0.4 is 10.6 Å². The lowest BCUT2D eigenvalue weighted by Crippen LogP contribution is -2.45. The molecule has 1 aromatic heterocycles. The van der Waals surface area contributed by atoms with Crippen LogP contribution in [0.1, 0.15) is 41.0 Å². The van der Waals surface area contributed by atoms with E-state index >= 15 is 0 Å². The standard InChI is InChI=1S/C17H34N6/c1-6-19-17(20-8-7-11-22-12-9-18-14-22)21-10-13-23(15(2)3)16(4)5/h9,12,14-16H,6-8,10-11,13H2,1-5H3,(H2,19,20,21). The van der Waals surface area contributed by atoms with Crippen molar-refractivity contribution in [1.82, 2.24) is 25.1 Å². The first-order valence-corrected chi connectivity index (χ1v) is 8.78. The van der Waals surface area contributed by atoms with Gasteiger partial charge in [-0.05, 0) is 41.0 Å². The maximum Gasteiger partial charge on any atom is 0.191 e. The van der Waals surface area contributed by atoms with Crippen molar-refractivity contribution in [3.63, 3.8) is 0 Å². The molecule has 0 amide bonds. The Bertz CT molecular complexity index is 416. The Morgan fingerprint density at radius 1 is 1.22 bits per heavy atom. The summed E-state index contributed by atoms with van der Waals surface area (Å²) in [5.41, 5.74) is 0. The Hall–Kier alpha value is -1.56. The molecule has 1 rings (SSSR count). The van der Waals surface area contributed by atoms with Crippen LogP contribution in [0.2, 0.25) is 0 Å². The molecule has 1 aromatic rings. The van der Waals surface area contributed by atoms with Crippen LogP contribution in [0.15, 0.2) is 23.7 Å². The number of nitrogens with zero attached hydrogens (tertiary/aromatic N) is 4. The predicted octanol–water partition coefficient (Wildman–Crippen LogP) is 1.95. The first-order chi connectivity index (χ1) is 11.0. The van der Waals surface area contributed by atoms with Crippen LogP contribution in [0.5, 0.6) is 0 Å². The van der Waals surface area contributed by atoms with Crippen molar-refractivity contribution in [3.05, 3.63) is 18.7 Å². The summed E-state index contributed by atoms with van der Waals surface area (Å²) < 4.78 is 2.08. The van der Waals surface area contributed by atoms with Crippen LogP contribution in [-0.4, -0.2) is 58.7 Å². The summed E-state index contributed by atoms with van der Waals surface area (Å²) in [6.07, 6.45) is 6.65. The first-order valence-electron chi connectivity index (χ1n) is 8.78. The van der Waals surface area contributed by atoms with Gasteiger partial charge in [-0.15, -0.1) is 0 Å². The number of aryl methyl sites for hydroxylation is 1. The van der Waals surface area contributed by atoms with E-state index in [9.17, 15) is 0 Å². The van der Waals surface area contributed by atoms with Crippen LogP contribution in [0, 0.1) is 0 Å². The second kappa shape index (κ2) is 11.0. The summed E-state index contributed by atoms with van der Waals surface area (Å²) in [5, 5.41) is 6.74. The molecular formula is C17H34N6. The van der Waals surface area contributed by atoms with E-state index in [-0.39, 0.29) is 0 Å². The maximum absolute atomic E-state index is 4.64. The third kappa shape index (κ3) is 8.02. The fourth-order valence-corrected chi connectivity index (χ4v) is 2.62. The number of guanidine groups is 1. The molecule has 6 heteroatoms. The summed E-state index contributed by atoms with van der Waals surface area (Å²) in [6, 6.07) is 1.12. The summed E-state index contributed by atoms with van der Waals surface area (Å²) in [5.74, 6) is 0.908. The number of aromatic nitrogens is 2. The second-order valence-corrected chi connectivity index (χ2v) is 6.27. The average molecular weight is 323 g/mol. The zero-order valence-electron chi connectivity index (χ0n) is 15.4. The number of hydrogen-bond donors (Lipinski definition) is 2. The van der Waals surface area contributed by atoms with E-state index in [4.69, 9.17) is 0 Å². The van der Waals surface area contributed by atoms with Gasteiger partial charge in [0.2, 0.25) is 0 Å². The maximum atomic E-state index is 4.64. The Morgan fingerprint density at radius 3 is 2.52 bits per heavy atom. The van der Waals surface area contributed by atoms with E-state index < -0.39 is 0 Å². The zero-order chi connectivity index (χ0) is 17.1. The molecule has 1 heterocycles. The van der Waals surface area contributed by atoms with Gasteiger partial charge in [0, 0.05) is 57.2 Å². The van der Waals surface area contributed by atoms with Gasteiger partial charge < -0.3 is 15.2 Å². The summed E-state index contributed by atoms with van der Waals surface area (Å²) in [6.45, 7) is 15.7. The second-order valence-electron chi connectivity index (χ2n) is 6.27. The summed E-state index contributed by atoms with van der Waals surface area (Å²) in [7, 11) is 0. The van der Waals surface area contributed by atoms with Gasteiger partial charge in [-0.25, -0.2) is 4.98 Å². The molecule has 0 aliphatic heterocycles. The van der Waals surface area contributed by atoms with Crippen molar-refractivity contribution in [2.45, 2.75) is 59.7 Å². The molecule has 0 spiro atoms. The zero-order valence-corrected chi connectivity index (χ0v) is 15.4. The third-order valence-electron chi connectivity index (χ3n) is 3.74. The Morgan fingerprint density at radius 2 is 1.96 bits per heavy atom. The smallest absolute Gasteiger partial charge is 0.191 e. The molecule has 0 unspecified atom stereocenters. The first kappa shape index (κ1) is 19.5. The van der Waals surface area contributed by atoms with E-state index in [2.05, 4.69) is 64.7 Å². The molecule has 0 aromatic carbocycles. The Balaban J connectivity index is 2.33. The van der Waals surface area contributed by atoms with E-state index in [0.29, 0.717) is 12.1 Å². The molecule has 0 fully saturated rings. The topological polar surface area (TPSA) is 57.5 Å². The van der Waals surface area contributed by atoms with Crippen molar-refractivity contribution < 1.29 is 0 Å². The molecule has 0 radical (unpaired) electrons. The molecule has 23 heavy (non-hydrogen) atoms. The van der Waals surface area contributed by atoms with Gasteiger partial charge >= 0.3 is 0 Å². The van der Waals surface area contributed by atoms with Crippen LogP contribution >= 0.6 is 0 Å². The molecule has 0 saturated heterocycles. The van der Waals surface area contributed by atoms with Crippen molar-refractivity contribution in [2.24, 2.45) is 4.99 Å². The van der Waals surface area contributed by atoms with E-state index in [1.165, 1.54) is 0 Å². The van der Waals surface area contributed by atoms with Gasteiger partial charge in [-0.3, -0.25) is 9.89 Å². The summed E-state index contributed by atoms with van der Waals surface area (Å²) in [4.78, 5) is 11.2. The van der Waals surface area contributed by atoms with Gasteiger partial charge in [-0.1, -0.05) is 0 Å². The highest BCUT2D eigenvalue weighted by atomic mass is 15.2. The lowest BCUT2D eigenvalue weighted by Gasteiger charge is -2.30. The number of aliphatic imine (C=N–C) groups is 1. The van der Waals surface area contributed by atoms with Crippen LogP contribution in [0.3, 0.4) is 0 Å². The normalized spacial score (nSPS) is 12.4. The van der Waals surface area contributed by atoms with Gasteiger partial charge in [0.25, 0.3) is 0 Å². The fourth-order valence-electron chi connectivity index (χ4n) is 2.62. The molecule has 0 atom stereocenters. The van der Waals surface area contributed by atoms with Crippen molar-refractivity contribution in [1.29, 1.82) is 0 Å². The molecule has 6 nitrogen and oxygen atoms in total. The molecule has 132 valence electrons. The monoisotopic (exact) mass is 322 g/mol. The summed E-state index contributed by atoms with van der Waals surface area (Å²) >= 11 is 0. The van der Waals surface area contributed by atoms with Crippen molar-refractivity contribution in [3.8, 4) is 0 Å². The SMILES string of the molecule is CCNC(=NCCCn1ccnc1)NCCN(C(C)C)C(C)C. The van der Waals surface area contributed by atoms with Crippen molar-refractivity contribution >= 4 is 5.96 Å². The number of hydrogen-bond acceptors (Lipinski definition) is 3. The van der Waals surface area contributed by atoms with Crippen LogP contribution in [-0.2, 0) is 6.54 Å². The van der Waals surface area contributed by atoms with E-state index in [1.54, 1.807) is 0 Å². The number of imidazole rings is 1. The molecule has 2 N–H and O–H groups in total. The quantitative estimate of drug-likeness (QED) is 0.393. The average Bonchev–Trinajstić information content (AvgIpc) is 3.00. The van der Waals surface area contributed by atoms with E-state index in [1.807, 2.05) is 18.7 Å². The fraction of sp³-hybridized carbons (Fsp3) is 0.765. The number of rotatable bonds is 10. The van der Waals surface area contributed by atoms with E-state index in [0.717, 1.165) is 45.1 Å². The largest absolute Gasteiger partial charge is 0.357 e. The van der Waals surface area contributed by atoms with Gasteiger partial charge in [0.1, 0.15) is 0 Å². The van der Waals surface area contributed by atoms with Crippen molar-refractivity contribution in [2.75, 3.05) is 26.2 Å². The highest BCUT2D eigenvalue weighted by Gasteiger charge is 2.12. The Labute approximate surface area is 141 Å². The molecule has 0 saturated carbocycles. The lowest BCUT2D eigenvalue weighted by molar-refractivity contribution is 0.178. The van der Waals surface area contributed by atoms with Gasteiger partial charge in [-0.2, -0.15) is 0 Å². The number of nitrogens with one attached hydrogen (secondary N) is 2. The van der Waals surface area contributed by atoms with Gasteiger partial charge in [0.15, 0.2) is 5.96 Å². The minimum Gasteiger partial charge on any atom is -0.357 e. The molecule has 0 bridgehead atoms. The highest BCUT2D eigenvalue weighted by Crippen LogP contribution is 2.03.